The maximum atomic E-state index is 10.2. The van der Waals surface area contributed by atoms with Gasteiger partial charge in [-0.3, -0.25) is 0 Å². The lowest BCUT2D eigenvalue weighted by molar-refractivity contribution is 0.116. The van der Waals surface area contributed by atoms with Crippen LogP contribution in [0.1, 0.15) is 36.9 Å². The molecule has 0 aliphatic heterocycles. The first kappa shape index (κ1) is 19.4. The molecule has 4 aromatic heterocycles. The first-order valence-corrected chi connectivity index (χ1v) is 11.7. The minimum absolute atomic E-state index is 0.101. The van der Waals surface area contributed by atoms with E-state index in [1.54, 1.807) is 22.2 Å². The van der Waals surface area contributed by atoms with Gasteiger partial charge in [-0.15, -0.1) is 5.10 Å². The average Bonchev–Trinajstić information content (AvgIpc) is 3.55. The number of anilines is 1. The first-order chi connectivity index (χ1) is 15.7. The van der Waals surface area contributed by atoms with Crippen molar-refractivity contribution in [1.82, 2.24) is 29.4 Å². The van der Waals surface area contributed by atoms with E-state index in [0.717, 1.165) is 64.5 Å². The quantitative estimate of drug-likeness (QED) is 0.427. The zero-order valence-electron chi connectivity index (χ0n) is 17.4. The van der Waals surface area contributed by atoms with E-state index < -0.39 is 0 Å². The van der Waals surface area contributed by atoms with Crippen LogP contribution in [0.5, 0.6) is 0 Å². The SMILES string of the molecule is OC1CCCCC1Nc1nc2ccc(Cc3cnc4cc(-n5ccnn5)ccn34)cc2s1. The molecule has 2 atom stereocenters. The van der Waals surface area contributed by atoms with Crippen LogP contribution in [-0.2, 0) is 6.42 Å². The number of aromatic nitrogens is 6. The third-order valence-corrected chi connectivity index (χ3v) is 7.09. The van der Waals surface area contributed by atoms with Crippen LogP contribution >= 0.6 is 11.3 Å². The molecule has 0 amide bonds. The van der Waals surface area contributed by atoms with Crippen molar-refractivity contribution in [3.63, 3.8) is 0 Å². The highest BCUT2D eigenvalue weighted by Gasteiger charge is 2.23. The lowest BCUT2D eigenvalue weighted by Gasteiger charge is -2.27. The van der Waals surface area contributed by atoms with Crippen molar-refractivity contribution in [2.75, 3.05) is 5.32 Å². The fourth-order valence-corrected chi connectivity index (χ4v) is 5.42. The van der Waals surface area contributed by atoms with Gasteiger partial charge in [-0.05, 0) is 36.6 Å². The molecular weight excluding hydrogens is 422 g/mol. The molecule has 0 bridgehead atoms. The number of aliphatic hydroxyl groups is 1. The van der Waals surface area contributed by atoms with Gasteiger partial charge in [0.15, 0.2) is 5.13 Å². The summed E-state index contributed by atoms with van der Waals surface area (Å²) in [6.07, 6.45) is 12.0. The highest BCUT2D eigenvalue weighted by atomic mass is 32.1. The topological polar surface area (TPSA) is 93.2 Å². The Morgan fingerprint density at radius 1 is 1.12 bits per heavy atom. The molecule has 1 aliphatic rings. The summed E-state index contributed by atoms with van der Waals surface area (Å²) in [5.74, 6) is 0. The average molecular weight is 446 g/mol. The summed E-state index contributed by atoms with van der Waals surface area (Å²) in [5, 5.41) is 22.5. The molecule has 1 aromatic carbocycles. The van der Waals surface area contributed by atoms with E-state index >= 15 is 0 Å². The van der Waals surface area contributed by atoms with Crippen molar-refractivity contribution in [2.45, 2.75) is 44.2 Å². The molecule has 1 saturated carbocycles. The van der Waals surface area contributed by atoms with E-state index in [2.05, 4.69) is 43.2 Å². The van der Waals surface area contributed by atoms with Gasteiger partial charge in [-0.25, -0.2) is 14.6 Å². The number of hydrogen-bond acceptors (Lipinski definition) is 7. The van der Waals surface area contributed by atoms with Crippen LogP contribution in [0.3, 0.4) is 0 Å². The number of aliphatic hydroxyl groups excluding tert-OH is 1. The van der Waals surface area contributed by atoms with Gasteiger partial charge in [0.05, 0.1) is 40.4 Å². The number of hydrogen-bond donors (Lipinski definition) is 2. The summed E-state index contributed by atoms with van der Waals surface area (Å²) >= 11 is 1.65. The lowest BCUT2D eigenvalue weighted by atomic mass is 9.93. The molecule has 2 unspecified atom stereocenters. The van der Waals surface area contributed by atoms with E-state index in [1.165, 1.54) is 5.56 Å². The lowest BCUT2D eigenvalue weighted by Crippen LogP contribution is -2.36. The largest absolute Gasteiger partial charge is 0.391 e. The van der Waals surface area contributed by atoms with Crippen molar-refractivity contribution >= 4 is 32.3 Å². The molecule has 0 radical (unpaired) electrons. The summed E-state index contributed by atoms with van der Waals surface area (Å²) in [6.45, 7) is 0. The summed E-state index contributed by atoms with van der Waals surface area (Å²) in [7, 11) is 0. The summed E-state index contributed by atoms with van der Waals surface area (Å²) in [6, 6.07) is 10.5. The third kappa shape index (κ3) is 3.63. The molecule has 6 rings (SSSR count). The Bertz CT molecular complexity index is 1370. The highest BCUT2D eigenvalue weighted by molar-refractivity contribution is 7.22. The van der Waals surface area contributed by atoms with Gasteiger partial charge in [0.25, 0.3) is 0 Å². The number of benzene rings is 1. The maximum absolute atomic E-state index is 10.2. The van der Waals surface area contributed by atoms with Crippen LogP contribution in [0.4, 0.5) is 5.13 Å². The number of nitrogens with one attached hydrogen (secondary N) is 1. The smallest absolute Gasteiger partial charge is 0.184 e. The Morgan fingerprint density at radius 2 is 2.06 bits per heavy atom. The first-order valence-electron chi connectivity index (χ1n) is 10.9. The van der Waals surface area contributed by atoms with Gasteiger partial charge in [0.1, 0.15) is 5.65 Å². The molecule has 162 valence electrons. The van der Waals surface area contributed by atoms with Crippen LogP contribution in [0.25, 0.3) is 21.6 Å². The van der Waals surface area contributed by atoms with Crippen LogP contribution in [-0.4, -0.2) is 46.6 Å². The number of imidazole rings is 1. The standard InChI is InChI=1S/C23H23N7OS/c31-20-4-2-1-3-18(20)26-23-27-19-6-5-15(12-21(19)32-23)11-17-14-24-22-13-16(7-9-29(17)22)30-10-8-25-28-30/h5-10,12-14,18,20,31H,1-4,11H2,(H,26,27). The summed E-state index contributed by atoms with van der Waals surface area (Å²) in [5.41, 5.74) is 5.14. The van der Waals surface area contributed by atoms with E-state index in [-0.39, 0.29) is 12.1 Å². The van der Waals surface area contributed by atoms with Gasteiger partial charge in [-0.2, -0.15) is 0 Å². The van der Waals surface area contributed by atoms with Crippen molar-refractivity contribution in [3.8, 4) is 5.69 Å². The Morgan fingerprint density at radius 3 is 2.94 bits per heavy atom. The normalized spacial score (nSPS) is 19.0. The molecule has 9 heteroatoms. The molecule has 2 N–H and O–H groups in total. The fourth-order valence-electron chi connectivity index (χ4n) is 4.43. The van der Waals surface area contributed by atoms with Crippen molar-refractivity contribution in [1.29, 1.82) is 0 Å². The molecular formula is C23H23N7OS. The van der Waals surface area contributed by atoms with E-state index in [4.69, 9.17) is 4.98 Å². The minimum atomic E-state index is -0.286. The molecule has 8 nitrogen and oxygen atoms in total. The number of fused-ring (bicyclic) bond motifs is 2. The zero-order valence-corrected chi connectivity index (χ0v) is 18.2. The van der Waals surface area contributed by atoms with Crippen molar-refractivity contribution in [2.24, 2.45) is 0 Å². The molecule has 5 aromatic rings. The highest BCUT2D eigenvalue weighted by Crippen LogP contribution is 2.30. The minimum Gasteiger partial charge on any atom is -0.391 e. The van der Waals surface area contributed by atoms with E-state index in [9.17, 15) is 5.11 Å². The van der Waals surface area contributed by atoms with E-state index in [0.29, 0.717) is 0 Å². The van der Waals surface area contributed by atoms with Gasteiger partial charge < -0.3 is 14.8 Å². The van der Waals surface area contributed by atoms with Gasteiger partial charge in [-0.1, -0.05) is 35.5 Å². The maximum Gasteiger partial charge on any atom is 0.184 e. The number of thiazole rings is 1. The third-order valence-electron chi connectivity index (χ3n) is 6.14. The summed E-state index contributed by atoms with van der Waals surface area (Å²) < 4.78 is 4.98. The van der Waals surface area contributed by atoms with Crippen LogP contribution in [0, 0.1) is 0 Å². The predicted molar refractivity (Wildman–Crippen MR) is 124 cm³/mol. The molecule has 1 fully saturated rings. The monoisotopic (exact) mass is 445 g/mol. The molecule has 32 heavy (non-hydrogen) atoms. The van der Waals surface area contributed by atoms with Crippen molar-refractivity contribution in [3.05, 3.63) is 66.4 Å². The van der Waals surface area contributed by atoms with Crippen LogP contribution in [0.15, 0.2) is 55.1 Å². The van der Waals surface area contributed by atoms with Crippen LogP contribution < -0.4 is 5.32 Å². The number of rotatable bonds is 5. The van der Waals surface area contributed by atoms with Gasteiger partial charge in [0, 0.05) is 30.6 Å². The molecule has 4 heterocycles. The molecule has 0 saturated heterocycles. The second-order valence-corrected chi connectivity index (χ2v) is 9.34. The second-order valence-electron chi connectivity index (χ2n) is 8.31. The van der Waals surface area contributed by atoms with Crippen LogP contribution in [0.2, 0.25) is 0 Å². The van der Waals surface area contributed by atoms with Gasteiger partial charge >= 0.3 is 0 Å². The Labute approximate surface area is 188 Å². The van der Waals surface area contributed by atoms with Gasteiger partial charge in [0.2, 0.25) is 0 Å². The zero-order chi connectivity index (χ0) is 21.5. The van der Waals surface area contributed by atoms with E-state index in [1.807, 2.05) is 30.7 Å². The Hall–Kier alpha value is -3.30. The summed E-state index contributed by atoms with van der Waals surface area (Å²) in [4.78, 5) is 9.31. The second kappa shape index (κ2) is 7.99. The molecule has 0 spiro atoms. The number of pyridine rings is 1. The van der Waals surface area contributed by atoms with Crippen molar-refractivity contribution < 1.29 is 5.11 Å². The fraction of sp³-hybridized carbons (Fsp3) is 0.304. The Balaban J connectivity index is 1.23. The Kier molecular flexibility index (Phi) is 4.84. The molecule has 1 aliphatic carbocycles. The predicted octanol–water partition coefficient (Wildman–Crippen LogP) is 3.83. The number of nitrogens with zero attached hydrogens (tertiary/aromatic N) is 6.